The molecule has 0 aromatic heterocycles. The first-order chi connectivity index (χ1) is 7.68. The second-order valence-corrected chi connectivity index (χ2v) is 7.62. The van der Waals surface area contributed by atoms with Gasteiger partial charge in [-0.15, -0.1) is 0 Å². The first-order valence-corrected chi connectivity index (χ1v) is 8.80. The molecule has 0 N–H and O–H groups in total. The highest BCUT2D eigenvalue weighted by Gasteiger charge is 2.07. The molecular formula is C14H15ClSi. The molecular weight excluding hydrogens is 232 g/mol. The summed E-state index contributed by atoms with van der Waals surface area (Å²) in [5.74, 6) is 0. The van der Waals surface area contributed by atoms with Crippen molar-refractivity contribution in [1.29, 1.82) is 0 Å². The predicted octanol–water partition coefficient (Wildman–Crippen LogP) is 3.70. The standard InChI is InChI=1S/C14H15ClSi/c1-16(2)14-6-4-3-5-13(14)11-7-9-12(15)10-8-11/h3-10,16H,1-2H3. The van der Waals surface area contributed by atoms with Crippen LogP contribution in [0.4, 0.5) is 0 Å². The molecule has 0 saturated carbocycles. The zero-order chi connectivity index (χ0) is 11.5. The van der Waals surface area contributed by atoms with Crippen molar-refractivity contribution >= 4 is 25.6 Å². The molecule has 0 radical (unpaired) electrons. The van der Waals surface area contributed by atoms with Crippen molar-refractivity contribution in [3.63, 3.8) is 0 Å². The lowest BCUT2D eigenvalue weighted by molar-refractivity contribution is 1.64. The van der Waals surface area contributed by atoms with Crippen LogP contribution in [0.3, 0.4) is 0 Å². The van der Waals surface area contributed by atoms with Gasteiger partial charge in [-0.2, -0.15) is 0 Å². The van der Waals surface area contributed by atoms with Crippen molar-refractivity contribution in [1.82, 2.24) is 0 Å². The van der Waals surface area contributed by atoms with E-state index in [4.69, 9.17) is 11.6 Å². The molecule has 0 spiro atoms. The van der Waals surface area contributed by atoms with Crippen molar-refractivity contribution < 1.29 is 0 Å². The van der Waals surface area contributed by atoms with Crippen molar-refractivity contribution in [3.8, 4) is 11.1 Å². The molecule has 0 aliphatic rings. The van der Waals surface area contributed by atoms with Gasteiger partial charge in [0.2, 0.25) is 0 Å². The molecule has 2 heteroatoms. The Morgan fingerprint density at radius 3 is 2.12 bits per heavy atom. The maximum Gasteiger partial charge on any atom is 0.0655 e. The third-order valence-electron chi connectivity index (χ3n) is 2.74. The Labute approximate surface area is 103 Å². The number of hydrogen-bond acceptors (Lipinski definition) is 0. The first-order valence-electron chi connectivity index (χ1n) is 5.53. The fourth-order valence-electron chi connectivity index (χ4n) is 1.89. The molecule has 0 amide bonds. The highest BCUT2D eigenvalue weighted by Crippen LogP contribution is 2.20. The molecule has 82 valence electrons. The number of halogens is 1. The van der Waals surface area contributed by atoms with E-state index in [0.29, 0.717) is 0 Å². The normalized spacial score (nSPS) is 10.8. The molecule has 0 aliphatic carbocycles. The van der Waals surface area contributed by atoms with Crippen LogP contribution < -0.4 is 5.19 Å². The Balaban J connectivity index is 2.51. The van der Waals surface area contributed by atoms with Crippen molar-refractivity contribution in [3.05, 3.63) is 53.6 Å². The molecule has 0 atom stereocenters. The molecule has 0 heterocycles. The molecule has 0 unspecified atom stereocenters. The Morgan fingerprint density at radius 2 is 1.50 bits per heavy atom. The van der Waals surface area contributed by atoms with Crippen LogP contribution in [0.1, 0.15) is 0 Å². The van der Waals surface area contributed by atoms with Crippen molar-refractivity contribution in [2.24, 2.45) is 0 Å². The molecule has 0 fully saturated rings. The summed E-state index contributed by atoms with van der Waals surface area (Å²) in [5.41, 5.74) is 2.63. The summed E-state index contributed by atoms with van der Waals surface area (Å²) in [5, 5.41) is 2.31. The third-order valence-corrected chi connectivity index (χ3v) is 4.74. The van der Waals surface area contributed by atoms with E-state index in [9.17, 15) is 0 Å². The van der Waals surface area contributed by atoms with Gasteiger partial charge in [-0.05, 0) is 23.3 Å². The van der Waals surface area contributed by atoms with Crippen LogP contribution in [0, 0.1) is 0 Å². The van der Waals surface area contributed by atoms with Crippen LogP contribution in [-0.2, 0) is 0 Å². The summed E-state index contributed by atoms with van der Waals surface area (Å²) in [6.07, 6.45) is 0. The molecule has 2 aromatic rings. The maximum atomic E-state index is 5.91. The van der Waals surface area contributed by atoms with Gasteiger partial charge in [0, 0.05) is 5.02 Å². The summed E-state index contributed by atoms with van der Waals surface area (Å²) in [7, 11) is -0.783. The van der Waals surface area contributed by atoms with Gasteiger partial charge < -0.3 is 0 Å². The monoisotopic (exact) mass is 246 g/mol. The minimum Gasteiger partial charge on any atom is -0.0843 e. The van der Waals surface area contributed by atoms with Crippen molar-refractivity contribution in [2.45, 2.75) is 13.1 Å². The van der Waals surface area contributed by atoms with Gasteiger partial charge in [-0.1, -0.05) is 66.3 Å². The van der Waals surface area contributed by atoms with E-state index < -0.39 is 8.80 Å². The SMILES string of the molecule is C[SiH](C)c1ccccc1-c1ccc(Cl)cc1. The van der Waals surface area contributed by atoms with E-state index in [1.165, 1.54) is 16.3 Å². The van der Waals surface area contributed by atoms with Gasteiger partial charge >= 0.3 is 0 Å². The zero-order valence-corrected chi connectivity index (χ0v) is 11.5. The minimum atomic E-state index is -0.783. The molecule has 0 bridgehead atoms. The largest absolute Gasteiger partial charge is 0.0843 e. The lowest BCUT2D eigenvalue weighted by Crippen LogP contribution is -2.24. The Hall–Kier alpha value is -1.05. The Morgan fingerprint density at radius 1 is 0.875 bits per heavy atom. The zero-order valence-electron chi connectivity index (χ0n) is 9.57. The maximum absolute atomic E-state index is 5.91. The summed E-state index contributed by atoms with van der Waals surface area (Å²) in [6, 6.07) is 16.8. The Kier molecular flexibility index (Phi) is 3.47. The summed E-state index contributed by atoms with van der Waals surface area (Å²) < 4.78 is 0. The number of rotatable bonds is 2. The molecule has 2 aromatic carbocycles. The fourth-order valence-corrected chi connectivity index (χ4v) is 3.40. The van der Waals surface area contributed by atoms with Crippen LogP contribution in [-0.4, -0.2) is 8.80 Å². The van der Waals surface area contributed by atoms with E-state index in [-0.39, 0.29) is 0 Å². The predicted molar refractivity (Wildman–Crippen MR) is 75.4 cm³/mol. The van der Waals surface area contributed by atoms with Crippen LogP contribution in [0.15, 0.2) is 48.5 Å². The number of hydrogen-bond donors (Lipinski definition) is 0. The van der Waals surface area contributed by atoms with E-state index >= 15 is 0 Å². The quantitative estimate of drug-likeness (QED) is 0.709. The molecule has 0 saturated heterocycles. The number of benzene rings is 2. The van der Waals surface area contributed by atoms with E-state index in [2.05, 4.69) is 49.5 Å². The lowest BCUT2D eigenvalue weighted by Gasteiger charge is -2.11. The summed E-state index contributed by atoms with van der Waals surface area (Å²) in [6.45, 7) is 4.71. The Bertz CT molecular complexity index is 474. The van der Waals surface area contributed by atoms with Crippen LogP contribution >= 0.6 is 11.6 Å². The molecule has 2 rings (SSSR count). The minimum absolute atomic E-state index is 0.783. The first kappa shape index (κ1) is 11.4. The summed E-state index contributed by atoms with van der Waals surface area (Å²) >= 11 is 5.91. The van der Waals surface area contributed by atoms with Crippen LogP contribution in [0.2, 0.25) is 18.1 Å². The van der Waals surface area contributed by atoms with Gasteiger partial charge in [0.05, 0.1) is 8.80 Å². The van der Waals surface area contributed by atoms with Gasteiger partial charge in [0.15, 0.2) is 0 Å². The van der Waals surface area contributed by atoms with E-state index in [0.717, 1.165) is 5.02 Å². The second-order valence-electron chi connectivity index (χ2n) is 4.25. The smallest absolute Gasteiger partial charge is 0.0655 e. The van der Waals surface area contributed by atoms with E-state index in [1.807, 2.05) is 12.1 Å². The molecule has 0 aliphatic heterocycles. The highest BCUT2D eigenvalue weighted by atomic mass is 35.5. The molecule has 16 heavy (non-hydrogen) atoms. The topological polar surface area (TPSA) is 0 Å². The van der Waals surface area contributed by atoms with Crippen LogP contribution in [0.5, 0.6) is 0 Å². The second kappa shape index (κ2) is 4.85. The van der Waals surface area contributed by atoms with Gasteiger partial charge in [0.1, 0.15) is 0 Å². The third kappa shape index (κ3) is 2.37. The fraction of sp³-hybridized carbons (Fsp3) is 0.143. The average Bonchev–Trinajstić information content (AvgIpc) is 2.30. The summed E-state index contributed by atoms with van der Waals surface area (Å²) in [4.78, 5) is 0. The van der Waals surface area contributed by atoms with E-state index in [1.54, 1.807) is 0 Å². The van der Waals surface area contributed by atoms with Gasteiger partial charge in [0.25, 0.3) is 0 Å². The van der Waals surface area contributed by atoms with Gasteiger partial charge in [-0.3, -0.25) is 0 Å². The van der Waals surface area contributed by atoms with Crippen LogP contribution in [0.25, 0.3) is 11.1 Å². The lowest BCUT2D eigenvalue weighted by atomic mass is 10.1. The molecule has 0 nitrogen and oxygen atoms in total. The van der Waals surface area contributed by atoms with Gasteiger partial charge in [-0.25, -0.2) is 0 Å². The highest BCUT2D eigenvalue weighted by molar-refractivity contribution is 6.72. The van der Waals surface area contributed by atoms with Crippen molar-refractivity contribution in [2.75, 3.05) is 0 Å². The average molecular weight is 247 g/mol.